The Hall–Kier alpha value is -4.78. The largest absolute Gasteiger partial charge is 0.497 e. The van der Waals surface area contributed by atoms with Gasteiger partial charge in [0.25, 0.3) is 0 Å². The second-order valence-corrected chi connectivity index (χ2v) is 11.2. The van der Waals surface area contributed by atoms with Gasteiger partial charge in [-0.25, -0.2) is 0 Å². The van der Waals surface area contributed by atoms with Crippen molar-refractivity contribution in [3.05, 3.63) is 155 Å². The molecular weight excluding hydrogens is 560 g/mol. The van der Waals surface area contributed by atoms with Gasteiger partial charge in [-0.05, 0) is 77.2 Å². The van der Waals surface area contributed by atoms with E-state index in [1.807, 2.05) is 78.9 Å². The summed E-state index contributed by atoms with van der Waals surface area (Å²) in [5.74, 6) is 2.42. The van der Waals surface area contributed by atoms with Crippen LogP contribution in [0.25, 0.3) is 0 Å². The summed E-state index contributed by atoms with van der Waals surface area (Å²) >= 11 is 0. The lowest BCUT2D eigenvalue weighted by molar-refractivity contribution is 0.107. The molecule has 5 aromatic rings. The summed E-state index contributed by atoms with van der Waals surface area (Å²) in [6.45, 7) is 2.36. The average Bonchev–Trinajstić information content (AvgIpc) is 3.09. The van der Waals surface area contributed by atoms with Gasteiger partial charge in [0.15, 0.2) is 0 Å². The van der Waals surface area contributed by atoms with Crippen molar-refractivity contribution >= 4 is 5.69 Å². The lowest BCUT2D eigenvalue weighted by Crippen LogP contribution is -2.30. The van der Waals surface area contributed by atoms with Gasteiger partial charge in [-0.1, -0.05) is 91.0 Å². The van der Waals surface area contributed by atoms with Gasteiger partial charge in [-0.3, -0.25) is 4.90 Å². The van der Waals surface area contributed by atoms with Crippen molar-refractivity contribution in [3.8, 4) is 17.2 Å². The van der Waals surface area contributed by atoms with E-state index in [1.165, 1.54) is 16.7 Å². The Bertz CT molecular complexity index is 1550. The Balaban J connectivity index is 1.33. The van der Waals surface area contributed by atoms with Crippen LogP contribution in [-0.4, -0.2) is 37.3 Å². The van der Waals surface area contributed by atoms with Gasteiger partial charge < -0.3 is 25.1 Å². The number of nitrogens with two attached hydrogens (primary N) is 1. The molecule has 0 fully saturated rings. The van der Waals surface area contributed by atoms with E-state index in [-0.39, 0.29) is 5.92 Å². The molecule has 0 aliphatic carbocycles. The van der Waals surface area contributed by atoms with E-state index in [9.17, 15) is 5.11 Å². The van der Waals surface area contributed by atoms with Crippen molar-refractivity contribution in [2.24, 2.45) is 0 Å². The Kier molecular flexibility index (Phi) is 11.1. The molecule has 0 saturated carbocycles. The Morgan fingerprint density at radius 1 is 0.667 bits per heavy atom. The van der Waals surface area contributed by atoms with Crippen LogP contribution in [0.1, 0.15) is 46.3 Å². The third-order valence-electron chi connectivity index (χ3n) is 8.11. The van der Waals surface area contributed by atoms with E-state index in [1.54, 1.807) is 14.2 Å². The van der Waals surface area contributed by atoms with Crippen LogP contribution in [0.15, 0.2) is 127 Å². The lowest BCUT2D eigenvalue weighted by atomic mass is 9.88. The molecule has 0 bridgehead atoms. The summed E-state index contributed by atoms with van der Waals surface area (Å²) in [4.78, 5) is 2.32. The lowest BCUT2D eigenvalue weighted by Gasteiger charge is -2.28. The third kappa shape index (κ3) is 8.88. The van der Waals surface area contributed by atoms with Crippen LogP contribution in [-0.2, 0) is 13.2 Å². The first kappa shape index (κ1) is 31.6. The number of hydrogen-bond acceptors (Lipinski definition) is 6. The van der Waals surface area contributed by atoms with Gasteiger partial charge in [0, 0.05) is 19.0 Å². The van der Waals surface area contributed by atoms with Crippen LogP contribution >= 0.6 is 0 Å². The molecule has 45 heavy (non-hydrogen) atoms. The number of aliphatic hydroxyl groups is 1. The maximum Gasteiger partial charge on any atom is 0.142 e. The second-order valence-electron chi connectivity index (χ2n) is 11.2. The van der Waals surface area contributed by atoms with Gasteiger partial charge in [0.05, 0.1) is 26.0 Å². The van der Waals surface area contributed by atoms with Crippen molar-refractivity contribution in [3.63, 3.8) is 0 Å². The molecule has 0 aromatic heterocycles. The minimum atomic E-state index is -0.723. The van der Waals surface area contributed by atoms with Crippen molar-refractivity contribution in [2.75, 3.05) is 33.0 Å². The van der Waals surface area contributed by atoms with Crippen molar-refractivity contribution in [1.82, 2.24) is 4.90 Å². The fourth-order valence-electron chi connectivity index (χ4n) is 5.58. The smallest absolute Gasteiger partial charge is 0.142 e. The zero-order valence-electron chi connectivity index (χ0n) is 26.0. The fraction of sp³-hybridized carbons (Fsp3) is 0.231. The predicted molar refractivity (Wildman–Crippen MR) is 181 cm³/mol. The Labute approximate surface area is 266 Å². The Morgan fingerprint density at radius 2 is 1.20 bits per heavy atom. The van der Waals surface area contributed by atoms with Crippen LogP contribution < -0.4 is 19.9 Å². The predicted octanol–water partition coefficient (Wildman–Crippen LogP) is 7.62. The molecule has 3 N–H and O–H groups in total. The van der Waals surface area contributed by atoms with Gasteiger partial charge in [-0.15, -0.1) is 0 Å². The molecule has 0 amide bonds. The molecule has 5 aromatic carbocycles. The van der Waals surface area contributed by atoms with E-state index < -0.39 is 6.10 Å². The van der Waals surface area contributed by atoms with Crippen LogP contribution in [0.5, 0.6) is 17.2 Å². The summed E-state index contributed by atoms with van der Waals surface area (Å²) in [6, 6.07) is 42.5. The first-order valence-electron chi connectivity index (χ1n) is 15.3. The van der Waals surface area contributed by atoms with E-state index >= 15 is 0 Å². The molecule has 0 aliphatic rings. The SMILES string of the molecule is COc1ccc(C(CCN(Cc2ccccc2)CC(O)c2ccc(OCc3ccccc3)c(N)c2)c2ccc(OC)cc2)cc1. The van der Waals surface area contributed by atoms with E-state index in [2.05, 4.69) is 53.4 Å². The summed E-state index contributed by atoms with van der Waals surface area (Å²) in [5, 5.41) is 11.4. The van der Waals surface area contributed by atoms with Gasteiger partial charge in [0.1, 0.15) is 23.9 Å². The van der Waals surface area contributed by atoms with Crippen molar-refractivity contribution < 1.29 is 19.3 Å². The van der Waals surface area contributed by atoms with E-state index in [0.29, 0.717) is 31.1 Å². The highest BCUT2D eigenvalue weighted by molar-refractivity contribution is 5.54. The molecule has 0 spiro atoms. The third-order valence-corrected chi connectivity index (χ3v) is 8.11. The zero-order chi connectivity index (χ0) is 31.4. The molecule has 5 rings (SSSR count). The van der Waals surface area contributed by atoms with E-state index in [4.69, 9.17) is 19.9 Å². The molecule has 0 heterocycles. The van der Waals surface area contributed by atoms with Crippen molar-refractivity contribution in [1.29, 1.82) is 0 Å². The maximum atomic E-state index is 11.4. The minimum Gasteiger partial charge on any atom is -0.497 e. The van der Waals surface area contributed by atoms with Gasteiger partial charge >= 0.3 is 0 Å². The molecule has 0 radical (unpaired) electrons. The summed E-state index contributed by atoms with van der Waals surface area (Å²) in [7, 11) is 3.36. The quantitative estimate of drug-likeness (QED) is 0.120. The number of hydrogen-bond donors (Lipinski definition) is 2. The number of nitrogen functional groups attached to an aromatic ring is 1. The molecule has 1 atom stereocenters. The topological polar surface area (TPSA) is 77.2 Å². The van der Waals surface area contributed by atoms with Crippen molar-refractivity contribution in [2.45, 2.75) is 31.6 Å². The molecular formula is C39H42N2O4. The zero-order valence-corrected chi connectivity index (χ0v) is 26.0. The molecule has 0 saturated heterocycles. The van der Waals surface area contributed by atoms with Gasteiger partial charge in [-0.2, -0.15) is 0 Å². The second kappa shape index (κ2) is 15.8. The number of methoxy groups -OCH3 is 2. The Morgan fingerprint density at radius 3 is 1.73 bits per heavy atom. The minimum absolute atomic E-state index is 0.147. The average molecular weight is 603 g/mol. The number of benzene rings is 5. The van der Waals surface area contributed by atoms with Crippen LogP contribution in [0.2, 0.25) is 0 Å². The number of rotatable bonds is 15. The number of nitrogens with zero attached hydrogens (tertiary/aromatic N) is 1. The van der Waals surface area contributed by atoms with Crippen LogP contribution in [0.3, 0.4) is 0 Å². The molecule has 0 aliphatic heterocycles. The highest BCUT2D eigenvalue weighted by Gasteiger charge is 2.20. The fourth-order valence-corrected chi connectivity index (χ4v) is 5.58. The van der Waals surface area contributed by atoms with Crippen LogP contribution in [0.4, 0.5) is 5.69 Å². The first-order chi connectivity index (χ1) is 22.0. The highest BCUT2D eigenvalue weighted by Crippen LogP contribution is 2.32. The number of ether oxygens (including phenoxy) is 3. The monoisotopic (exact) mass is 602 g/mol. The number of aliphatic hydroxyl groups excluding tert-OH is 1. The molecule has 6 nitrogen and oxygen atoms in total. The highest BCUT2D eigenvalue weighted by atomic mass is 16.5. The molecule has 232 valence electrons. The van der Waals surface area contributed by atoms with Crippen LogP contribution in [0, 0.1) is 0 Å². The first-order valence-corrected chi connectivity index (χ1v) is 15.3. The summed E-state index contributed by atoms with van der Waals surface area (Å²) < 4.78 is 16.8. The van der Waals surface area contributed by atoms with E-state index in [0.717, 1.165) is 35.6 Å². The standard InChI is InChI=1S/C39H42N2O4/c1-43-34-18-13-31(14-19-34)36(32-15-20-35(44-2)21-16-32)23-24-41(26-29-9-5-3-6-10-29)27-38(42)33-17-22-39(37(40)25-33)45-28-30-11-7-4-8-12-30/h3-22,25,36,38,42H,23-24,26-28,40H2,1-2H3. The molecule has 6 heteroatoms. The summed E-state index contributed by atoms with van der Waals surface area (Å²) in [5.41, 5.74) is 12.3. The van der Waals surface area contributed by atoms with Gasteiger partial charge in [0.2, 0.25) is 0 Å². The molecule has 1 unspecified atom stereocenters. The summed E-state index contributed by atoms with van der Waals surface area (Å²) in [6.07, 6.45) is 0.131. The normalized spacial score (nSPS) is 11.8. The number of anilines is 1. The maximum absolute atomic E-state index is 11.4.